The van der Waals surface area contributed by atoms with Crippen LogP contribution in [0.5, 0.6) is 5.75 Å². The molecule has 2 rings (SSSR count). The monoisotopic (exact) mass is 352 g/mol. The third kappa shape index (κ3) is 3.32. The van der Waals surface area contributed by atoms with Crippen molar-refractivity contribution in [2.24, 2.45) is 0 Å². The maximum absolute atomic E-state index is 5.14. The van der Waals surface area contributed by atoms with Gasteiger partial charge in [-0.05, 0) is 52.4 Å². The molecule has 0 atom stereocenters. The van der Waals surface area contributed by atoms with Crippen LogP contribution in [0.2, 0.25) is 0 Å². The van der Waals surface area contributed by atoms with Crippen molar-refractivity contribution in [3.05, 3.63) is 59.9 Å². The number of hydrogen-bond acceptors (Lipinski definition) is 1. The van der Waals surface area contributed by atoms with E-state index in [1.54, 1.807) is 7.11 Å². The molecule has 1 heterocycles. The van der Waals surface area contributed by atoms with Gasteiger partial charge in [-0.3, -0.25) is 0 Å². The van der Waals surface area contributed by atoms with E-state index in [1.165, 1.54) is 11.3 Å². The summed E-state index contributed by atoms with van der Waals surface area (Å²) in [4.78, 5) is 0. The minimum atomic E-state index is 0.884. The van der Waals surface area contributed by atoms with E-state index in [0.717, 1.165) is 10.3 Å². The average molecular weight is 352 g/mol. The molecule has 0 aliphatic heterocycles. The summed E-state index contributed by atoms with van der Waals surface area (Å²) in [5.41, 5.74) is 2.36. The number of benzene rings is 1. The van der Waals surface area contributed by atoms with Gasteiger partial charge in [0.1, 0.15) is 5.75 Å². The predicted molar refractivity (Wildman–Crippen MR) is 82.6 cm³/mol. The first-order chi connectivity index (χ1) is 8.83. The molecular weight excluding hydrogens is 337 g/mol. The van der Waals surface area contributed by atoms with Crippen LogP contribution in [-0.4, -0.2) is 7.11 Å². The molecule has 3 heteroatoms. The molecule has 0 aliphatic carbocycles. The number of rotatable bonds is 4. The van der Waals surface area contributed by atoms with Crippen LogP contribution in [0.25, 0.3) is 12.2 Å². The van der Waals surface area contributed by atoms with Gasteiger partial charge in [-0.1, -0.05) is 12.1 Å². The zero-order valence-corrected chi connectivity index (χ0v) is 12.4. The van der Waals surface area contributed by atoms with E-state index in [9.17, 15) is 0 Å². The van der Waals surface area contributed by atoms with Crippen LogP contribution in [0.4, 0.5) is 0 Å². The number of hydrogen-bond donors (Lipinski definition) is 0. The Morgan fingerprint density at radius 1 is 1.11 bits per heavy atom. The molecule has 0 unspecified atom stereocenters. The lowest BCUT2D eigenvalue weighted by atomic mass is 10.2. The second kappa shape index (κ2) is 6.54. The van der Waals surface area contributed by atoms with Crippen molar-refractivity contribution < 1.29 is 9.30 Å². The zero-order chi connectivity index (χ0) is 12.8. The summed E-state index contributed by atoms with van der Waals surface area (Å²) in [7, 11) is 1.68. The van der Waals surface area contributed by atoms with E-state index in [1.807, 2.05) is 30.3 Å². The van der Waals surface area contributed by atoms with Crippen molar-refractivity contribution in [3.8, 4) is 5.75 Å². The summed E-state index contributed by atoms with van der Waals surface area (Å²) in [6, 6.07) is 14.2. The molecule has 18 heavy (non-hydrogen) atoms. The first-order valence-electron chi connectivity index (χ1n) is 5.70. The minimum Gasteiger partial charge on any atom is -0.497 e. The first kappa shape index (κ1) is 13.1. The number of aromatic nitrogens is 1. The Bertz CT molecular complexity index is 534. The lowest BCUT2D eigenvalue weighted by molar-refractivity contribution is -0.672. The normalized spacial score (nSPS) is 10.8. The molecule has 0 bridgehead atoms. The molecule has 0 amide bonds. The Morgan fingerprint density at radius 2 is 1.89 bits per heavy atom. The van der Waals surface area contributed by atoms with E-state index in [0.29, 0.717) is 0 Å². The third-order valence-corrected chi connectivity index (χ3v) is 3.40. The quantitative estimate of drug-likeness (QED) is 0.466. The highest BCUT2D eigenvalue weighted by atomic mass is 127. The number of nitrogens with zero attached hydrogens (tertiary/aromatic N) is 1. The molecular formula is C15H15INO+. The molecule has 0 aliphatic rings. The van der Waals surface area contributed by atoms with E-state index in [-0.39, 0.29) is 0 Å². The standard InChI is InChI=1S/C15H15INO/c1-18-15-9-6-13(7-10-15)5-8-14-4-2-3-11-17(14)12-16/h2-11H,12H2,1H3/q+1/b8-5+. The highest BCUT2D eigenvalue weighted by Gasteiger charge is 2.02. The van der Waals surface area contributed by atoms with Crippen LogP contribution in [-0.2, 0) is 4.55 Å². The average Bonchev–Trinajstić information content (AvgIpc) is 2.46. The van der Waals surface area contributed by atoms with Crippen molar-refractivity contribution in [2.45, 2.75) is 4.55 Å². The fraction of sp³-hybridized carbons (Fsp3) is 0.133. The molecule has 1 aromatic carbocycles. The predicted octanol–water partition coefficient (Wildman–Crippen LogP) is 3.55. The number of ether oxygens (including phenoxy) is 1. The Hall–Kier alpha value is -1.36. The van der Waals surface area contributed by atoms with Gasteiger partial charge >= 0.3 is 0 Å². The minimum absolute atomic E-state index is 0.884. The van der Waals surface area contributed by atoms with E-state index < -0.39 is 0 Å². The molecule has 0 fully saturated rings. The van der Waals surface area contributed by atoms with Gasteiger partial charge in [-0.2, -0.15) is 4.57 Å². The van der Waals surface area contributed by atoms with Crippen molar-refractivity contribution >= 4 is 34.7 Å². The highest BCUT2D eigenvalue weighted by molar-refractivity contribution is 14.1. The summed E-state index contributed by atoms with van der Waals surface area (Å²) in [5, 5.41) is 0. The summed E-state index contributed by atoms with van der Waals surface area (Å²) < 4.78 is 8.28. The topological polar surface area (TPSA) is 13.1 Å². The summed E-state index contributed by atoms with van der Waals surface area (Å²) in [6.45, 7) is 0. The number of alkyl halides is 1. The maximum atomic E-state index is 5.14. The third-order valence-electron chi connectivity index (χ3n) is 2.67. The van der Waals surface area contributed by atoms with Crippen LogP contribution in [0.1, 0.15) is 11.3 Å². The molecule has 0 saturated heterocycles. The van der Waals surface area contributed by atoms with Crippen molar-refractivity contribution in [1.29, 1.82) is 0 Å². The molecule has 0 spiro atoms. The number of halogens is 1. The van der Waals surface area contributed by atoms with E-state index in [4.69, 9.17) is 4.74 Å². The van der Waals surface area contributed by atoms with Gasteiger partial charge in [0.2, 0.25) is 5.69 Å². The van der Waals surface area contributed by atoms with Gasteiger partial charge in [-0.15, -0.1) is 0 Å². The molecule has 92 valence electrons. The summed E-state index contributed by atoms with van der Waals surface area (Å²) in [6.07, 6.45) is 6.32. The van der Waals surface area contributed by atoms with Gasteiger partial charge in [0, 0.05) is 18.2 Å². The molecule has 2 nitrogen and oxygen atoms in total. The van der Waals surface area contributed by atoms with Gasteiger partial charge in [-0.25, -0.2) is 0 Å². The Labute approximate surface area is 121 Å². The van der Waals surface area contributed by atoms with E-state index >= 15 is 0 Å². The van der Waals surface area contributed by atoms with Gasteiger partial charge < -0.3 is 4.74 Å². The fourth-order valence-corrected chi connectivity index (χ4v) is 2.27. The molecule has 2 aromatic rings. The second-order valence-electron chi connectivity index (χ2n) is 3.82. The number of pyridine rings is 1. The van der Waals surface area contributed by atoms with Crippen LogP contribution in [0.3, 0.4) is 0 Å². The van der Waals surface area contributed by atoms with Crippen molar-refractivity contribution in [1.82, 2.24) is 0 Å². The Balaban J connectivity index is 2.19. The van der Waals surface area contributed by atoms with Crippen LogP contribution < -0.4 is 9.30 Å². The molecule has 0 saturated carbocycles. The number of methoxy groups -OCH3 is 1. The van der Waals surface area contributed by atoms with Gasteiger partial charge in [0.15, 0.2) is 10.7 Å². The lowest BCUT2D eigenvalue weighted by Crippen LogP contribution is -2.33. The highest BCUT2D eigenvalue weighted by Crippen LogP contribution is 2.13. The maximum Gasteiger partial charge on any atom is 0.205 e. The fourth-order valence-electron chi connectivity index (χ4n) is 1.65. The van der Waals surface area contributed by atoms with Gasteiger partial charge in [0.05, 0.1) is 7.11 Å². The molecule has 1 aromatic heterocycles. The second-order valence-corrected chi connectivity index (χ2v) is 4.50. The van der Waals surface area contributed by atoms with Crippen LogP contribution in [0, 0.1) is 0 Å². The summed E-state index contributed by atoms with van der Waals surface area (Å²) >= 11 is 2.36. The van der Waals surface area contributed by atoms with Gasteiger partial charge in [0.25, 0.3) is 0 Å². The lowest BCUT2D eigenvalue weighted by Gasteiger charge is -1.99. The van der Waals surface area contributed by atoms with Crippen molar-refractivity contribution in [2.75, 3.05) is 7.11 Å². The first-order valence-corrected chi connectivity index (χ1v) is 7.22. The molecule has 0 N–H and O–H groups in total. The van der Waals surface area contributed by atoms with E-state index in [2.05, 4.69) is 57.6 Å². The SMILES string of the molecule is COc1ccc(/C=C/c2cccc[n+]2CI)cc1. The zero-order valence-electron chi connectivity index (χ0n) is 10.2. The smallest absolute Gasteiger partial charge is 0.205 e. The van der Waals surface area contributed by atoms with Crippen LogP contribution >= 0.6 is 22.6 Å². The van der Waals surface area contributed by atoms with Crippen molar-refractivity contribution in [3.63, 3.8) is 0 Å². The Kier molecular flexibility index (Phi) is 4.75. The Morgan fingerprint density at radius 3 is 2.56 bits per heavy atom. The molecule has 0 radical (unpaired) electrons. The van der Waals surface area contributed by atoms with Crippen LogP contribution in [0.15, 0.2) is 48.7 Å². The summed E-state index contributed by atoms with van der Waals surface area (Å²) in [5.74, 6) is 0.884. The largest absolute Gasteiger partial charge is 0.497 e.